The smallest absolute Gasteiger partial charge is 0.330 e. The van der Waals surface area contributed by atoms with Gasteiger partial charge in [-0.3, -0.25) is 9.80 Å². The fraction of sp³-hybridized carbons (Fsp3) is 0.353. The summed E-state index contributed by atoms with van der Waals surface area (Å²) in [6.45, 7) is 2.85. The average Bonchev–Trinajstić information content (AvgIpc) is 2.66. The predicted molar refractivity (Wildman–Crippen MR) is 98.0 cm³/mol. The molecule has 2 aromatic rings. The molecule has 0 fully saturated rings. The normalized spacial score (nSPS) is 13.7. The Morgan fingerprint density at radius 1 is 1.20 bits per heavy atom. The molecule has 0 bridgehead atoms. The quantitative estimate of drug-likeness (QED) is 0.603. The fourth-order valence-electron chi connectivity index (χ4n) is 2.74. The summed E-state index contributed by atoms with van der Waals surface area (Å²) < 4.78 is 10.6. The zero-order chi connectivity index (χ0) is 18.0. The van der Waals surface area contributed by atoms with E-state index >= 15 is 0 Å². The van der Waals surface area contributed by atoms with Crippen LogP contribution in [0.4, 0.5) is 16.3 Å². The molecular weight excluding hydrogens is 340 g/mol. The highest BCUT2D eigenvalue weighted by Gasteiger charge is 2.32. The van der Waals surface area contributed by atoms with Crippen molar-refractivity contribution in [3.8, 4) is 11.5 Å². The first-order valence-corrected chi connectivity index (χ1v) is 9.05. The van der Waals surface area contributed by atoms with E-state index in [0.29, 0.717) is 41.3 Å². The Balaban J connectivity index is 2.05. The number of carbonyl (C=O) groups is 1. The molecule has 2 heterocycles. The van der Waals surface area contributed by atoms with Gasteiger partial charge in [0, 0.05) is 36.5 Å². The Morgan fingerprint density at radius 2 is 1.88 bits per heavy atom. The second-order valence-corrected chi connectivity index (χ2v) is 6.16. The summed E-state index contributed by atoms with van der Waals surface area (Å²) >= 11 is 1.46. The summed E-state index contributed by atoms with van der Waals surface area (Å²) in [5.74, 6) is 1.94. The van der Waals surface area contributed by atoms with Crippen LogP contribution in [0.1, 0.15) is 12.5 Å². The van der Waals surface area contributed by atoms with Crippen molar-refractivity contribution >= 4 is 29.3 Å². The van der Waals surface area contributed by atoms with Gasteiger partial charge in [0.05, 0.1) is 26.5 Å². The number of carbonyl (C=O) groups excluding carboxylic acids is 1. The van der Waals surface area contributed by atoms with E-state index in [1.54, 1.807) is 36.3 Å². The van der Waals surface area contributed by atoms with Crippen molar-refractivity contribution in [2.45, 2.75) is 18.6 Å². The molecule has 1 aromatic heterocycles. The standard InChI is InChI=1S/C17H20N4O3S/c1-5-20-15-11(9-18-16(19-15)25-4)10-21(17(20)22)12-6-13(23-2)8-14(7-12)24-3/h6-9H,5,10H2,1-4H3. The maximum Gasteiger partial charge on any atom is 0.330 e. The molecule has 0 spiro atoms. The number of anilines is 2. The van der Waals surface area contributed by atoms with Gasteiger partial charge in [0.15, 0.2) is 5.16 Å². The van der Waals surface area contributed by atoms with Crippen LogP contribution in [-0.2, 0) is 6.54 Å². The lowest BCUT2D eigenvalue weighted by atomic mass is 10.2. The number of amides is 2. The summed E-state index contributed by atoms with van der Waals surface area (Å²) in [4.78, 5) is 25.2. The highest BCUT2D eigenvalue weighted by atomic mass is 32.2. The van der Waals surface area contributed by atoms with E-state index in [0.717, 1.165) is 5.56 Å². The van der Waals surface area contributed by atoms with Crippen molar-refractivity contribution in [1.29, 1.82) is 0 Å². The molecule has 3 rings (SSSR count). The van der Waals surface area contributed by atoms with Crippen LogP contribution >= 0.6 is 11.8 Å². The van der Waals surface area contributed by atoms with Gasteiger partial charge in [-0.2, -0.15) is 0 Å². The molecule has 25 heavy (non-hydrogen) atoms. The van der Waals surface area contributed by atoms with E-state index in [1.165, 1.54) is 11.8 Å². The number of benzene rings is 1. The van der Waals surface area contributed by atoms with Crippen LogP contribution in [0.15, 0.2) is 29.6 Å². The molecule has 0 aliphatic carbocycles. The summed E-state index contributed by atoms with van der Waals surface area (Å²) in [5.41, 5.74) is 1.61. The molecule has 0 radical (unpaired) electrons. The Labute approximate surface area is 151 Å². The lowest BCUT2D eigenvalue weighted by Gasteiger charge is -2.35. The maximum absolute atomic E-state index is 13.0. The van der Waals surface area contributed by atoms with E-state index in [-0.39, 0.29) is 6.03 Å². The Bertz CT molecular complexity index is 777. The van der Waals surface area contributed by atoms with Gasteiger partial charge in [-0.25, -0.2) is 14.8 Å². The lowest BCUT2D eigenvalue weighted by Crippen LogP contribution is -2.47. The topological polar surface area (TPSA) is 67.8 Å². The summed E-state index contributed by atoms with van der Waals surface area (Å²) in [6.07, 6.45) is 3.70. The number of methoxy groups -OCH3 is 2. The molecule has 0 N–H and O–H groups in total. The highest BCUT2D eigenvalue weighted by molar-refractivity contribution is 7.98. The molecule has 8 heteroatoms. The molecule has 1 aromatic carbocycles. The Hall–Kier alpha value is -2.48. The first kappa shape index (κ1) is 17.3. The third kappa shape index (κ3) is 3.21. The van der Waals surface area contributed by atoms with Crippen LogP contribution in [0.2, 0.25) is 0 Å². The van der Waals surface area contributed by atoms with E-state index in [1.807, 2.05) is 25.3 Å². The lowest BCUT2D eigenvalue weighted by molar-refractivity contribution is 0.250. The van der Waals surface area contributed by atoms with Gasteiger partial charge in [-0.15, -0.1) is 0 Å². The number of thioether (sulfide) groups is 1. The van der Waals surface area contributed by atoms with Gasteiger partial charge in [0.2, 0.25) is 0 Å². The molecule has 0 atom stereocenters. The van der Waals surface area contributed by atoms with Crippen LogP contribution in [0.3, 0.4) is 0 Å². The second-order valence-electron chi connectivity index (χ2n) is 5.39. The van der Waals surface area contributed by atoms with E-state index < -0.39 is 0 Å². The minimum Gasteiger partial charge on any atom is -0.497 e. The van der Waals surface area contributed by atoms with E-state index in [4.69, 9.17) is 9.47 Å². The van der Waals surface area contributed by atoms with Crippen LogP contribution in [0.25, 0.3) is 0 Å². The number of hydrogen-bond donors (Lipinski definition) is 0. The average molecular weight is 360 g/mol. The second kappa shape index (κ2) is 7.18. The van der Waals surface area contributed by atoms with Crippen LogP contribution < -0.4 is 19.3 Å². The van der Waals surface area contributed by atoms with Crippen molar-refractivity contribution < 1.29 is 14.3 Å². The van der Waals surface area contributed by atoms with Crippen molar-refractivity contribution in [2.75, 3.05) is 36.8 Å². The molecule has 1 aliphatic heterocycles. The SMILES string of the molecule is CCN1C(=O)N(c2cc(OC)cc(OC)c2)Cc2cnc(SC)nc21. The number of hydrogen-bond acceptors (Lipinski definition) is 6. The maximum atomic E-state index is 13.0. The minimum absolute atomic E-state index is 0.129. The zero-order valence-corrected chi connectivity index (χ0v) is 15.5. The largest absolute Gasteiger partial charge is 0.497 e. The number of urea groups is 1. The molecule has 1 aliphatic rings. The van der Waals surface area contributed by atoms with Crippen molar-refractivity contribution in [2.24, 2.45) is 0 Å². The van der Waals surface area contributed by atoms with Gasteiger partial charge >= 0.3 is 6.03 Å². The first-order valence-electron chi connectivity index (χ1n) is 7.83. The predicted octanol–water partition coefficient (Wildman–Crippen LogP) is 3.18. The fourth-order valence-corrected chi connectivity index (χ4v) is 3.07. The van der Waals surface area contributed by atoms with Gasteiger partial charge in [0.25, 0.3) is 0 Å². The molecule has 0 saturated carbocycles. The Kier molecular flexibility index (Phi) is 4.98. The molecular formula is C17H20N4O3S. The molecule has 7 nitrogen and oxygen atoms in total. The van der Waals surface area contributed by atoms with Gasteiger partial charge in [0.1, 0.15) is 17.3 Å². The van der Waals surface area contributed by atoms with Crippen molar-refractivity contribution in [3.63, 3.8) is 0 Å². The van der Waals surface area contributed by atoms with Crippen molar-refractivity contribution in [3.05, 3.63) is 30.0 Å². The molecule has 132 valence electrons. The van der Waals surface area contributed by atoms with Crippen LogP contribution in [0.5, 0.6) is 11.5 Å². The zero-order valence-electron chi connectivity index (χ0n) is 14.6. The van der Waals surface area contributed by atoms with Crippen LogP contribution in [0, 0.1) is 0 Å². The van der Waals surface area contributed by atoms with Gasteiger partial charge in [-0.1, -0.05) is 11.8 Å². The number of nitrogens with zero attached hydrogens (tertiary/aromatic N) is 4. The van der Waals surface area contributed by atoms with E-state index in [9.17, 15) is 4.79 Å². The number of ether oxygens (including phenoxy) is 2. The third-order valence-corrected chi connectivity index (χ3v) is 4.57. The molecule has 0 saturated heterocycles. The highest BCUT2D eigenvalue weighted by Crippen LogP contribution is 2.34. The summed E-state index contributed by atoms with van der Waals surface area (Å²) in [6, 6.07) is 5.28. The molecule has 2 amide bonds. The molecule has 0 unspecified atom stereocenters. The van der Waals surface area contributed by atoms with E-state index in [2.05, 4.69) is 9.97 Å². The van der Waals surface area contributed by atoms with Gasteiger partial charge in [-0.05, 0) is 13.2 Å². The third-order valence-electron chi connectivity index (χ3n) is 4.01. The van der Waals surface area contributed by atoms with Crippen molar-refractivity contribution in [1.82, 2.24) is 9.97 Å². The number of aromatic nitrogens is 2. The summed E-state index contributed by atoms with van der Waals surface area (Å²) in [7, 11) is 3.17. The Morgan fingerprint density at radius 3 is 2.44 bits per heavy atom. The number of fused-ring (bicyclic) bond motifs is 1. The number of rotatable bonds is 5. The first-order chi connectivity index (χ1) is 12.1. The minimum atomic E-state index is -0.129. The monoisotopic (exact) mass is 360 g/mol. The van der Waals surface area contributed by atoms with Gasteiger partial charge < -0.3 is 9.47 Å². The van der Waals surface area contributed by atoms with Crippen LogP contribution in [-0.4, -0.2) is 43.0 Å². The summed E-state index contributed by atoms with van der Waals surface area (Å²) in [5, 5.41) is 0.654.